The van der Waals surface area contributed by atoms with Crippen molar-refractivity contribution in [2.45, 2.75) is 19.0 Å². The molecule has 12 heteroatoms. The van der Waals surface area contributed by atoms with Crippen molar-refractivity contribution in [1.29, 1.82) is 0 Å². The third-order valence-electron chi connectivity index (χ3n) is 4.51. The monoisotopic (exact) mass is 460 g/mol. The topological polar surface area (TPSA) is 102 Å². The van der Waals surface area contributed by atoms with Gasteiger partial charge in [-0.25, -0.2) is 4.98 Å². The Labute approximate surface area is 184 Å². The second kappa shape index (κ2) is 9.17. The zero-order valence-corrected chi connectivity index (χ0v) is 16.8. The van der Waals surface area contributed by atoms with Crippen molar-refractivity contribution in [2.24, 2.45) is 0 Å². The van der Waals surface area contributed by atoms with E-state index < -0.39 is 11.3 Å². The fraction of sp³-hybridized carbons (Fsp3) is 0.238. The first kappa shape index (κ1) is 22.1. The van der Waals surface area contributed by atoms with E-state index in [1.54, 1.807) is 18.3 Å². The summed E-state index contributed by atoms with van der Waals surface area (Å²) in [6.07, 6.45) is -2.22. The van der Waals surface area contributed by atoms with Gasteiger partial charge < -0.3 is 24.3 Å². The maximum Gasteiger partial charge on any atom is 0.573 e. The number of alkyl halides is 3. The predicted molar refractivity (Wildman–Crippen MR) is 107 cm³/mol. The molecule has 0 N–H and O–H groups in total. The normalized spacial score (nSPS) is 15.1. The van der Waals surface area contributed by atoms with Crippen LogP contribution in [0.25, 0.3) is 11.1 Å². The van der Waals surface area contributed by atoms with Crippen molar-refractivity contribution in [1.82, 2.24) is 14.5 Å². The van der Waals surface area contributed by atoms with Gasteiger partial charge in [0.1, 0.15) is 37.0 Å². The maximum atomic E-state index is 12.2. The summed E-state index contributed by atoms with van der Waals surface area (Å²) in [6, 6.07) is 9.08. The smallest absolute Gasteiger partial charge is 0.443 e. The summed E-state index contributed by atoms with van der Waals surface area (Å²) in [5, 5.41) is 10.8. The lowest BCUT2D eigenvalue weighted by atomic mass is 10.1. The number of halogens is 3. The molecule has 0 bridgehead atoms. The first-order chi connectivity index (χ1) is 15.8. The Morgan fingerprint density at radius 1 is 1.21 bits per heavy atom. The molecule has 1 aliphatic heterocycles. The number of pyridine rings is 1. The van der Waals surface area contributed by atoms with Crippen LogP contribution in [0.1, 0.15) is 5.69 Å². The van der Waals surface area contributed by atoms with Gasteiger partial charge in [-0.05, 0) is 34.6 Å². The maximum absolute atomic E-state index is 12.2. The number of rotatable bonds is 5. The minimum atomic E-state index is -4.74. The fourth-order valence-corrected chi connectivity index (χ4v) is 3.03. The third-order valence-corrected chi connectivity index (χ3v) is 4.51. The van der Waals surface area contributed by atoms with Crippen LogP contribution in [0.15, 0.2) is 48.8 Å². The lowest BCUT2D eigenvalue weighted by Gasteiger charge is -2.21. The molecule has 0 saturated heterocycles. The quantitative estimate of drug-likeness (QED) is 0.326. The number of nitro groups is 1. The second-order valence-corrected chi connectivity index (χ2v) is 6.84. The molecule has 4 rings (SSSR count). The van der Waals surface area contributed by atoms with Crippen LogP contribution in [0.4, 0.5) is 19.0 Å². The van der Waals surface area contributed by atoms with Gasteiger partial charge in [0.15, 0.2) is 0 Å². The number of hydrogen-bond acceptors (Lipinski definition) is 7. The molecule has 3 aromatic rings. The zero-order chi connectivity index (χ0) is 23.4. The number of nitrogens with zero attached hydrogens (tertiary/aromatic N) is 4. The molecule has 0 amide bonds. The van der Waals surface area contributed by atoms with Crippen LogP contribution in [0.5, 0.6) is 11.8 Å². The molecule has 170 valence electrons. The standard InChI is InChI=1S/C21H15F3N4O5/c22-21(23,24)33-17-7-4-14(5-8-17)15-3-6-16(25-10-15)2-1-9-31-18-11-27-12-19(28(29)30)26-20(27)32-13-18/h3-8,10,12,18H,9,11,13H2/t18-/m0/s1. The second-order valence-electron chi connectivity index (χ2n) is 6.84. The predicted octanol–water partition coefficient (Wildman–Crippen LogP) is 3.58. The van der Waals surface area contributed by atoms with Crippen LogP contribution < -0.4 is 9.47 Å². The molecule has 0 fully saturated rings. The van der Waals surface area contributed by atoms with E-state index in [1.807, 2.05) is 0 Å². The first-order valence-corrected chi connectivity index (χ1v) is 9.54. The minimum absolute atomic E-state index is 0.101. The number of aromatic nitrogens is 3. The average molecular weight is 460 g/mol. The van der Waals surface area contributed by atoms with Gasteiger partial charge in [-0.2, -0.15) is 0 Å². The van der Waals surface area contributed by atoms with Gasteiger partial charge in [-0.15, -0.1) is 13.2 Å². The summed E-state index contributed by atoms with van der Waals surface area (Å²) < 4.78 is 53.1. The van der Waals surface area contributed by atoms with E-state index in [-0.39, 0.29) is 36.9 Å². The summed E-state index contributed by atoms with van der Waals surface area (Å²) in [6.45, 7) is 0.664. The molecule has 33 heavy (non-hydrogen) atoms. The molecule has 0 radical (unpaired) electrons. The Hall–Kier alpha value is -4.11. The molecule has 1 aliphatic rings. The molecule has 1 atom stereocenters. The molecular weight excluding hydrogens is 445 g/mol. The molecule has 9 nitrogen and oxygen atoms in total. The van der Waals surface area contributed by atoms with Gasteiger partial charge in [-0.1, -0.05) is 24.1 Å². The van der Waals surface area contributed by atoms with Crippen molar-refractivity contribution in [3.8, 4) is 34.7 Å². The lowest BCUT2D eigenvalue weighted by Crippen LogP contribution is -2.32. The van der Waals surface area contributed by atoms with Crippen LogP contribution in [0.3, 0.4) is 0 Å². The van der Waals surface area contributed by atoms with E-state index in [0.717, 1.165) is 0 Å². The van der Waals surface area contributed by atoms with Crippen molar-refractivity contribution in [3.63, 3.8) is 0 Å². The number of imidazole rings is 1. The third kappa shape index (κ3) is 5.78. The number of ether oxygens (including phenoxy) is 3. The molecule has 0 saturated carbocycles. The summed E-state index contributed by atoms with van der Waals surface area (Å²) >= 11 is 0. The van der Waals surface area contributed by atoms with Crippen LogP contribution >= 0.6 is 0 Å². The largest absolute Gasteiger partial charge is 0.573 e. The van der Waals surface area contributed by atoms with Crippen LogP contribution in [-0.2, 0) is 11.3 Å². The van der Waals surface area contributed by atoms with E-state index >= 15 is 0 Å². The van der Waals surface area contributed by atoms with Gasteiger partial charge in [-0.3, -0.25) is 4.57 Å². The Kier molecular flexibility index (Phi) is 6.14. The van der Waals surface area contributed by atoms with Crippen LogP contribution in [0, 0.1) is 22.0 Å². The molecule has 3 heterocycles. The fourth-order valence-electron chi connectivity index (χ4n) is 3.03. The molecular formula is C21H15F3N4O5. The highest BCUT2D eigenvalue weighted by molar-refractivity contribution is 5.63. The zero-order valence-electron chi connectivity index (χ0n) is 16.8. The molecule has 2 aromatic heterocycles. The number of hydrogen-bond donors (Lipinski definition) is 0. The molecule has 0 unspecified atom stereocenters. The Morgan fingerprint density at radius 2 is 1.97 bits per heavy atom. The van der Waals surface area contributed by atoms with E-state index in [9.17, 15) is 23.3 Å². The van der Waals surface area contributed by atoms with Crippen molar-refractivity contribution in [3.05, 3.63) is 64.6 Å². The molecule has 0 spiro atoms. The van der Waals surface area contributed by atoms with E-state index in [0.29, 0.717) is 23.4 Å². The van der Waals surface area contributed by atoms with Gasteiger partial charge in [0.25, 0.3) is 0 Å². The van der Waals surface area contributed by atoms with Crippen LogP contribution in [-0.4, -0.2) is 45.1 Å². The minimum Gasteiger partial charge on any atom is -0.443 e. The van der Waals surface area contributed by atoms with Crippen molar-refractivity contribution >= 4 is 5.82 Å². The number of benzene rings is 1. The van der Waals surface area contributed by atoms with Crippen LogP contribution in [0.2, 0.25) is 0 Å². The van der Waals surface area contributed by atoms with Gasteiger partial charge >= 0.3 is 18.2 Å². The number of fused-ring (bicyclic) bond motifs is 1. The highest BCUT2D eigenvalue weighted by Crippen LogP contribution is 2.26. The Bertz CT molecular complexity index is 1200. The SMILES string of the molecule is O=[N+]([O-])c1cn2c(n1)OC[C@@H](OCC#Cc1ccc(-c3ccc(OC(F)(F)F)cc3)cn1)C2. The Morgan fingerprint density at radius 3 is 2.64 bits per heavy atom. The van der Waals surface area contributed by atoms with Gasteiger partial charge in [0.05, 0.1) is 6.54 Å². The summed E-state index contributed by atoms with van der Waals surface area (Å²) in [5.41, 5.74) is 1.88. The summed E-state index contributed by atoms with van der Waals surface area (Å²) in [7, 11) is 0. The highest BCUT2D eigenvalue weighted by atomic mass is 19.4. The molecule has 0 aliphatic carbocycles. The highest BCUT2D eigenvalue weighted by Gasteiger charge is 2.31. The van der Waals surface area contributed by atoms with E-state index in [1.165, 1.54) is 35.0 Å². The first-order valence-electron chi connectivity index (χ1n) is 9.54. The summed E-state index contributed by atoms with van der Waals surface area (Å²) in [5.74, 6) is 5.11. The Balaban J connectivity index is 1.29. The van der Waals surface area contributed by atoms with E-state index in [4.69, 9.17) is 9.47 Å². The van der Waals surface area contributed by atoms with Gasteiger partial charge in [0, 0.05) is 16.7 Å². The van der Waals surface area contributed by atoms with Gasteiger partial charge in [0.2, 0.25) is 0 Å². The van der Waals surface area contributed by atoms with E-state index in [2.05, 4.69) is 26.5 Å². The summed E-state index contributed by atoms with van der Waals surface area (Å²) in [4.78, 5) is 18.2. The van der Waals surface area contributed by atoms with Crippen molar-refractivity contribution < 1.29 is 32.3 Å². The van der Waals surface area contributed by atoms with Crippen molar-refractivity contribution in [2.75, 3.05) is 13.2 Å². The lowest BCUT2D eigenvalue weighted by molar-refractivity contribution is -0.389. The average Bonchev–Trinajstić information content (AvgIpc) is 3.21. The molecule has 1 aromatic carbocycles.